The number of nitrogens with zero attached hydrogens (tertiary/aromatic N) is 5. The van der Waals surface area contributed by atoms with Crippen molar-refractivity contribution in [2.45, 2.75) is 45.7 Å². The molecule has 2 N–H and O–H groups in total. The SMILES string of the molecule is [2H][C@](Nc1ccc2nc(F)c(C#N)c(NCC(C)(C)C)c2c1)(c1ccc(F)cc1)c1cn(C2CC2)nn1. The molecule has 0 bridgehead atoms. The second-order valence-electron chi connectivity index (χ2n) is 10.2. The van der Waals surface area contributed by atoms with Crippen molar-refractivity contribution in [3.63, 3.8) is 0 Å². The van der Waals surface area contributed by atoms with Crippen LogP contribution in [0.2, 0.25) is 0 Å². The minimum Gasteiger partial charge on any atom is -0.383 e. The normalized spacial score (nSPS) is 15.7. The first-order chi connectivity index (χ1) is 17.6. The molecule has 1 atom stereocenters. The topological polar surface area (TPSA) is 91.5 Å². The van der Waals surface area contributed by atoms with Gasteiger partial charge in [-0.25, -0.2) is 14.1 Å². The highest BCUT2D eigenvalue weighted by Crippen LogP contribution is 2.36. The molecule has 0 amide bonds. The molecule has 0 spiro atoms. The minimum atomic E-state index is -1.60. The Morgan fingerprint density at radius 1 is 1.19 bits per heavy atom. The Morgan fingerprint density at radius 2 is 1.94 bits per heavy atom. The predicted octanol–water partition coefficient (Wildman–Crippen LogP) is 5.97. The van der Waals surface area contributed by atoms with E-state index >= 15 is 0 Å². The number of nitrogens with one attached hydrogen (secondary N) is 2. The van der Waals surface area contributed by atoms with Crippen LogP contribution in [-0.4, -0.2) is 26.5 Å². The van der Waals surface area contributed by atoms with Gasteiger partial charge in [0.15, 0.2) is 0 Å². The number of rotatable bonds is 7. The maximum atomic E-state index is 14.7. The molecule has 0 unspecified atom stereocenters. The van der Waals surface area contributed by atoms with Crippen molar-refractivity contribution in [1.29, 1.82) is 5.26 Å². The molecule has 1 aliphatic carbocycles. The highest BCUT2D eigenvalue weighted by atomic mass is 19.1. The van der Waals surface area contributed by atoms with Gasteiger partial charge in [0.1, 0.15) is 23.1 Å². The van der Waals surface area contributed by atoms with Gasteiger partial charge in [0.25, 0.3) is 0 Å². The number of fused-ring (bicyclic) bond motifs is 1. The number of aromatic nitrogens is 4. The molecule has 2 aromatic carbocycles. The summed E-state index contributed by atoms with van der Waals surface area (Å²) >= 11 is 0. The third kappa shape index (κ3) is 4.98. The maximum absolute atomic E-state index is 14.7. The van der Waals surface area contributed by atoms with Gasteiger partial charge in [0.05, 0.1) is 30.8 Å². The second-order valence-corrected chi connectivity index (χ2v) is 10.2. The number of nitriles is 1. The number of pyridine rings is 1. The highest BCUT2D eigenvalue weighted by Gasteiger charge is 2.27. The average Bonchev–Trinajstić information content (AvgIpc) is 3.58. The van der Waals surface area contributed by atoms with Crippen LogP contribution in [0.4, 0.5) is 20.2 Å². The quantitative estimate of drug-likeness (QED) is 0.312. The molecule has 5 rings (SSSR count). The lowest BCUT2D eigenvalue weighted by Gasteiger charge is -2.22. The third-order valence-corrected chi connectivity index (χ3v) is 5.94. The summed E-state index contributed by atoms with van der Waals surface area (Å²) in [6.45, 7) is 6.60. The summed E-state index contributed by atoms with van der Waals surface area (Å²) in [4.78, 5) is 3.97. The molecule has 1 aliphatic rings. The number of anilines is 2. The number of halogens is 2. The van der Waals surface area contributed by atoms with Gasteiger partial charge in [-0.2, -0.15) is 9.65 Å². The van der Waals surface area contributed by atoms with Gasteiger partial charge in [-0.15, -0.1) is 5.10 Å². The molecule has 9 heteroatoms. The Hall–Kier alpha value is -4.06. The zero-order chi connectivity index (χ0) is 26.4. The Labute approximate surface area is 209 Å². The van der Waals surface area contributed by atoms with E-state index in [-0.39, 0.29) is 17.0 Å². The summed E-state index contributed by atoms with van der Waals surface area (Å²) in [7, 11) is 0. The Kier molecular flexibility index (Phi) is 5.72. The lowest BCUT2D eigenvalue weighted by molar-refractivity contribution is 0.443. The fourth-order valence-electron chi connectivity index (χ4n) is 3.90. The summed E-state index contributed by atoms with van der Waals surface area (Å²) in [5, 5.41) is 25.1. The number of hydrogen-bond acceptors (Lipinski definition) is 6. The van der Waals surface area contributed by atoms with Crippen LogP contribution in [0.1, 0.15) is 63.9 Å². The molecule has 2 aromatic heterocycles. The first-order valence-corrected chi connectivity index (χ1v) is 11.8. The highest BCUT2D eigenvalue weighted by molar-refractivity contribution is 5.96. The first kappa shape index (κ1) is 22.4. The summed E-state index contributed by atoms with van der Waals surface area (Å²) in [5.74, 6) is -1.25. The summed E-state index contributed by atoms with van der Waals surface area (Å²) in [6.07, 6.45) is 3.76. The fraction of sp³-hybridized carbons (Fsp3) is 0.333. The van der Waals surface area contributed by atoms with E-state index in [9.17, 15) is 15.4 Å². The molecular formula is C27H27F2N7. The first-order valence-electron chi connectivity index (χ1n) is 12.3. The zero-order valence-electron chi connectivity index (χ0n) is 21.3. The van der Waals surface area contributed by atoms with Crippen LogP contribution in [0.25, 0.3) is 10.9 Å². The predicted molar refractivity (Wildman–Crippen MR) is 135 cm³/mol. The molecule has 0 radical (unpaired) electrons. The molecule has 2 heterocycles. The fourth-order valence-corrected chi connectivity index (χ4v) is 3.90. The van der Waals surface area contributed by atoms with E-state index in [2.05, 4.69) is 25.9 Å². The standard InChI is InChI=1S/C27H27F2N7/c1-27(2,3)15-31-25-20-12-18(8-11-22(20)33-26(29)21(25)13-30)32-24(16-4-6-17(28)7-5-16)23-14-36(35-34-23)19-9-10-19/h4-8,11-12,14,19,24,32H,9-10,15H2,1-3H3,(H,31,33)/t24-/m0/s1/i24D. The van der Waals surface area contributed by atoms with Crippen LogP contribution in [0.15, 0.2) is 48.7 Å². The molecule has 1 fully saturated rings. The minimum absolute atomic E-state index is 0.124. The van der Waals surface area contributed by atoms with Gasteiger partial charge in [0.2, 0.25) is 5.95 Å². The van der Waals surface area contributed by atoms with Gasteiger partial charge >= 0.3 is 0 Å². The van der Waals surface area contributed by atoms with Crippen LogP contribution in [0.3, 0.4) is 0 Å². The van der Waals surface area contributed by atoms with Crippen molar-refractivity contribution >= 4 is 22.3 Å². The Balaban J connectivity index is 1.60. The van der Waals surface area contributed by atoms with Crippen LogP contribution in [0, 0.1) is 28.5 Å². The van der Waals surface area contributed by atoms with Crippen molar-refractivity contribution in [3.8, 4) is 6.07 Å². The molecule has 7 nitrogen and oxygen atoms in total. The van der Waals surface area contributed by atoms with Crippen molar-refractivity contribution < 1.29 is 10.2 Å². The summed E-state index contributed by atoms with van der Waals surface area (Å²) < 4.78 is 39.6. The van der Waals surface area contributed by atoms with Gasteiger partial charge in [0, 0.05) is 17.6 Å². The van der Waals surface area contributed by atoms with Crippen molar-refractivity contribution in [1.82, 2.24) is 20.0 Å². The second kappa shape index (κ2) is 9.19. The van der Waals surface area contributed by atoms with Gasteiger partial charge < -0.3 is 10.6 Å². The average molecular weight is 489 g/mol. The number of hydrogen-bond donors (Lipinski definition) is 2. The molecule has 0 aliphatic heterocycles. The van der Waals surface area contributed by atoms with Crippen LogP contribution in [0.5, 0.6) is 0 Å². The van der Waals surface area contributed by atoms with E-state index in [4.69, 9.17) is 0 Å². The van der Waals surface area contributed by atoms with E-state index in [1.807, 2.05) is 26.8 Å². The third-order valence-electron chi connectivity index (χ3n) is 5.94. The Bertz CT molecular complexity index is 1500. The van der Waals surface area contributed by atoms with Gasteiger partial charge in [-0.1, -0.05) is 38.1 Å². The van der Waals surface area contributed by atoms with Crippen LogP contribution >= 0.6 is 0 Å². The van der Waals surface area contributed by atoms with Crippen molar-refractivity contribution in [2.24, 2.45) is 5.41 Å². The largest absolute Gasteiger partial charge is 0.383 e. The van der Waals surface area contributed by atoms with E-state index in [0.29, 0.717) is 40.1 Å². The van der Waals surface area contributed by atoms with Crippen molar-refractivity contribution in [2.75, 3.05) is 17.2 Å². The molecule has 4 aromatic rings. The van der Waals surface area contributed by atoms with E-state index in [1.54, 1.807) is 29.1 Å². The van der Waals surface area contributed by atoms with E-state index < -0.39 is 17.8 Å². The number of benzene rings is 2. The summed E-state index contributed by atoms with van der Waals surface area (Å²) in [6, 6.07) is 11.3. The van der Waals surface area contributed by atoms with Crippen molar-refractivity contribution in [3.05, 3.63) is 77.2 Å². The van der Waals surface area contributed by atoms with Crippen LogP contribution in [-0.2, 0) is 0 Å². The maximum Gasteiger partial charge on any atom is 0.233 e. The van der Waals surface area contributed by atoms with Crippen LogP contribution < -0.4 is 10.6 Å². The molecule has 1 saturated carbocycles. The van der Waals surface area contributed by atoms with E-state index in [0.717, 1.165) is 12.8 Å². The molecular weight excluding hydrogens is 460 g/mol. The van der Waals surface area contributed by atoms with Gasteiger partial charge in [-0.05, 0) is 54.2 Å². The zero-order valence-corrected chi connectivity index (χ0v) is 20.3. The van der Waals surface area contributed by atoms with Gasteiger partial charge in [-0.3, -0.25) is 0 Å². The molecule has 36 heavy (non-hydrogen) atoms. The summed E-state index contributed by atoms with van der Waals surface area (Å²) in [5.41, 5.74) is 1.77. The Morgan fingerprint density at radius 3 is 2.61 bits per heavy atom. The molecule has 0 saturated heterocycles. The smallest absolute Gasteiger partial charge is 0.233 e. The molecule has 184 valence electrons. The van der Waals surface area contributed by atoms with E-state index in [1.165, 1.54) is 24.3 Å². The lowest BCUT2D eigenvalue weighted by atomic mass is 9.96. The lowest BCUT2D eigenvalue weighted by Crippen LogP contribution is -2.20. The monoisotopic (exact) mass is 488 g/mol.